The Morgan fingerprint density at radius 2 is 2.30 bits per heavy atom. The van der Waals surface area contributed by atoms with Gasteiger partial charge in [0.05, 0.1) is 0 Å². The lowest BCUT2D eigenvalue weighted by Gasteiger charge is -2.31. The van der Waals surface area contributed by atoms with Crippen LogP contribution in [0.25, 0.3) is 0 Å². The van der Waals surface area contributed by atoms with Crippen LogP contribution in [0.5, 0.6) is 0 Å². The SMILES string of the molecule is CN1CCCC[C@H]1CCO. The van der Waals surface area contributed by atoms with Crippen molar-refractivity contribution in [3.05, 3.63) is 0 Å². The Kier molecular flexibility index (Phi) is 3.16. The predicted octanol–water partition coefficient (Wildman–Crippen LogP) is 0.853. The lowest BCUT2D eigenvalue weighted by atomic mass is 10.0. The van der Waals surface area contributed by atoms with E-state index in [1.165, 1.54) is 25.8 Å². The van der Waals surface area contributed by atoms with Gasteiger partial charge in [-0.15, -0.1) is 0 Å². The Morgan fingerprint density at radius 1 is 1.50 bits per heavy atom. The highest BCUT2D eigenvalue weighted by Gasteiger charge is 2.17. The molecule has 2 heteroatoms. The van der Waals surface area contributed by atoms with Crippen LogP contribution in [-0.2, 0) is 0 Å². The number of hydrogen-bond acceptors (Lipinski definition) is 2. The van der Waals surface area contributed by atoms with Crippen LogP contribution in [0.15, 0.2) is 0 Å². The van der Waals surface area contributed by atoms with Crippen LogP contribution in [0.3, 0.4) is 0 Å². The van der Waals surface area contributed by atoms with Crippen molar-refractivity contribution in [2.45, 2.75) is 31.7 Å². The van der Waals surface area contributed by atoms with Gasteiger partial charge in [-0.1, -0.05) is 6.42 Å². The van der Waals surface area contributed by atoms with Crippen molar-refractivity contribution in [1.29, 1.82) is 0 Å². The molecule has 1 saturated heterocycles. The molecule has 0 aromatic heterocycles. The second kappa shape index (κ2) is 3.94. The summed E-state index contributed by atoms with van der Waals surface area (Å²) in [6.45, 7) is 1.56. The van der Waals surface area contributed by atoms with Gasteiger partial charge in [0.15, 0.2) is 0 Å². The van der Waals surface area contributed by atoms with Crippen molar-refractivity contribution in [2.75, 3.05) is 20.2 Å². The molecule has 1 fully saturated rings. The van der Waals surface area contributed by atoms with Crippen molar-refractivity contribution in [2.24, 2.45) is 0 Å². The zero-order valence-corrected chi connectivity index (χ0v) is 6.71. The molecule has 10 heavy (non-hydrogen) atoms. The maximum atomic E-state index is 8.71. The van der Waals surface area contributed by atoms with Crippen molar-refractivity contribution in [3.8, 4) is 0 Å². The Labute approximate surface area is 62.8 Å². The van der Waals surface area contributed by atoms with E-state index in [1.807, 2.05) is 0 Å². The van der Waals surface area contributed by atoms with E-state index in [0.29, 0.717) is 12.6 Å². The lowest BCUT2D eigenvalue weighted by molar-refractivity contribution is 0.147. The number of piperidine rings is 1. The number of rotatable bonds is 2. The summed E-state index contributed by atoms with van der Waals surface area (Å²) in [7, 11) is 2.15. The van der Waals surface area contributed by atoms with Gasteiger partial charge in [0.25, 0.3) is 0 Å². The van der Waals surface area contributed by atoms with Crippen LogP contribution >= 0.6 is 0 Å². The molecule has 2 nitrogen and oxygen atoms in total. The highest BCUT2D eigenvalue weighted by Crippen LogP contribution is 2.16. The normalized spacial score (nSPS) is 28.8. The summed E-state index contributed by atoms with van der Waals surface area (Å²) >= 11 is 0. The van der Waals surface area contributed by atoms with E-state index in [-0.39, 0.29) is 0 Å². The van der Waals surface area contributed by atoms with Crippen LogP contribution in [0.2, 0.25) is 0 Å². The number of aliphatic hydroxyl groups excluding tert-OH is 1. The molecule has 0 aliphatic carbocycles. The number of likely N-dealkylation sites (tertiary alicyclic amines) is 1. The fraction of sp³-hybridized carbons (Fsp3) is 1.00. The molecule has 1 aliphatic rings. The minimum Gasteiger partial charge on any atom is -0.396 e. The molecule has 0 spiro atoms. The number of aliphatic hydroxyl groups is 1. The van der Waals surface area contributed by atoms with Gasteiger partial charge in [-0.3, -0.25) is 0 Å². The maximum absolute atomic E-state index is 8.71. The van der Waals surface area contributed by atoms with Gasteiger partial charge in [0.1, 0.15) is 0 Å². The van der Waals surface area contributed by atoms with Gasteiger partial charge in [-0.2, -0.15) is 0 Å². The van der Waals surface area contributed by atoms with Crippen molar-refractivity contribution >= 4 is 0 Å². The molecule has 0 radical (unpaired) electrons. The van der Waals surface area contributed by atoms with E-state index < -0.39 is 0 Å². The van der Waals surface area contributed by atoms with Gasteiger partial charge < -0.3 is 10.0 Å². The molecule has 0 bridgehead atoms. The third-order valence-corrected chi connectivity index (χ3v) is 2.38. The molecule has 1 aliphatic heterocycles. The summed E-state index contributed by atoms with van der Waals surface area (Å²) < 4.78 is 0. The van der Waals surface area contributed by atoms with Crippen LogP contribution in [0.4, 0.5) is 0 Å². The van der Waals surface area contributed by atoms with Crippen LogP contribution in [0.1, 0.15) is 25.7 Å². The average Bonchev–Trinajstić information content (AvgIpc) is 1.94. The highest BCUT2D eigenvalue weighted by molar-refractivity contribution is 4.73. The number of nitrogens with zero attached hydrogens (tertiary/aromatic N) is 1. The van der Waals surface area contributed by atoms with E-state index in [0.717, 1.165) is 6.42 Å². The molecule has 1 heterocycles. The van der Waals surface area contributed by atoms with Gasteiger partial charge in [0, 0.05) is 12.6 Å². The van der Waals surface area contributed by atoms with Crippen molar-refractivity contribution in [3.63, 3.8) is 0 Å². The van der Waals surface area contributed by atoms with E-state index in [1.54, 1.807) is 0 Å². The fourth-order valence-electron chi connectivity index (χ4n) is 1.66. The van der Waals surface area contributed by atoms with Crippen LogP contribution in [0, 0.1) is 0 Å². The maximum Gasteiger partial charge on any atom is 0.0445 e. The van der Waals surface area contributed by atoms with Crippen molar-refractivity contribution < 1.29 is 5.11 Å². The summed E-state index contributed by atoms with van der Waals surface area (Å²) in [6.07, 6.45) is 4.90. The third kappa shape index (κ3) is 1.96. The topological polar surface area (TPSA) is 23.5 Å². The largest absolute Gasteiger partial charge is 0.396 e. The zero-order valence-electron chi connectivity index (χ0n) is 6.71. The van der Waals surface area contributed by atoms with Gasteiger partial charge in [-0.25, -0.2) is 0 Å². The van der Waals surface area contributed by atoms with Gasteiger partial charge in [0.2, 0.25) is 0 Å². The molecule has 1 atom stereocenters. The van der Waals surface area contributed by atoms with E-state index in [2.05, 4.69) is 11.9 Å². The second-order valence-corrected chi connectivity index (χ2v) is 3.14. The number of hydrogen-bond donors (Lipinski definition) is 1. The quantitative estimate of drug-likeness (QED) is 0.619. The molecule has 60 valence electrons. The van der Waals surface area contributed by atoms with E-state index >= 15 is 0 Å². The molecule has 1 N–H and O–H groups in total. The summed E-state index contributed by atoms with van der Waals surface area (Å²) in [5, 5.41) is 8.71. The Morgan fingerprint density at radius 3 is 2.90 bits per heavy atom. The minimum absolute atomic E-state index is 0.342. The average molecular weight is 143 g/mol. The zero-order chi connectivity index (χ0) is 7.40. The highest BCUT2D eigenvalue weighted by atomic mass is 16.3. The molecule has 0 aromatic carbocycles. The Hall–Kier alpha value is -0.0800. The first kappa shape index (κ1) is 8.02. The monoisotopic (exact) mass is 143 g/mol. The van der Waals surface area contributed by atoms with Gasteiger partial charge >= 0.3 is 0 Å². The molecular formula is C8H17NO. The van der Waals surface area contributed by atoms with Crippen LogP contribution in [-0.4, -0.2) is 36.2 Å². The summed E-state index contributed by atoms with van der Waals surface area (Å²) in [6, 6.07) is 0.652. The first-order chi connectivity index (χ1) is 4.84. The van der Waals surface area contributed by atoms with Crippen LogP contribution < -0.4 is 0 Å². The molecule has 1 rings (SSSR count). The molecule has 0 amide bonds. The summed E-state index contributed by atoms with van der Waals surface area (Å²) in [5.74, 6) is 0. The first-order valence-corrected chi connectivity index (χ1v) is 4.15. The Bertz CT molecular complexity index is 93.3. The Balaban J connectivity index is 2.25. The minimum atomic E-state index is 0.342. The smallest absolute Gasteiger partial charge is 0.0445 e. The van der Waals surface area contributed by atoms with E-state index in [9.17, 15) is 0 Å². The molecule has 0 aromatic rings. The first-order valence-electron chi connectivity index (χ1n) is 4.15. The van der Waals surface area contributed by atoms with E-state index in [4.69, 9.17) is 5.11 Å². The standard InChI is InChI=1S/C8H17NO/c1-9-6-3-2-4-8(9)5-7-10/h8,10H,2-7H2,1H3/t8-/m0/s1. The summed E-state index contributed by atoms with van der Waals surface area (Å²) in [5.41, 5.74) is 0. The van der Waals surface area contributed by atoms with Crippen molar-refractivity contribution in [1.82, 2.24) is 4.90 Å². The molecular weight excluding hydrogens is 126 g/mol. The lowest BCUT2D eigenvalue weighted by Crippen LogP contribution is -2.36. The molecule has 0 unspecified atom stereocenters. The third-order valence-electron chi connectivity index (χ3n) is 2.38. The second-order valence-electron chi connectivity index (χ2n) is 3.14. The van der Waals surface area contributed by atoms with Gasteiger partial charge in [-0.05, 0) is 32.9 Å². The predicted molar refractivity (Wildman–Crippen MR) is 42.0 cm³/mol. The molecule has 0 saturated carbocycles. The summed E-state index contributed by atoms with van der Waals surface area (Å²) in [4.78, 5) is 2.36. The fourth-order valence-corrected chi connectivity index (χ4v) is 1.66.